The summed E-state index contributed by atoms with van der Waals surface area (Å²) in [6.45, 7) is 0. The molecule has 0 aliphatic heterocycles. The predicted molar refractivity (Wildman–Crippen MR) is 43.7 cm³/mol. The summed E-state index contributed by atoms with van der Waals surface area (Å²) in [6, 6.07) is 0. The van der Waals surface area contributed by atoms with Crippen LogP contribution in [0.3, 0.4) is 0 Å². The van der Waals surface area contributed by atoms with Crippen LogP contribution < -0.4 is 0 Å². The second kappa shape index (κ2) is 6.39. The van der Waals surface area contributed by atoms with Crippen LogP contribution in [0.1, 0.15) is 0 Å². The summed E-state index contributed by atoms with van der Waals surface area (Å²) in [5, 5.41) is 0. The van der Waals surface area contributed by atoms with Gasteiger partial charge in [0.25, 0.3) is 0 Å². The molecule has 0 aliphatic carbocycles. The van der Waals surface area contributed by atoms with Crippen LogP contribution in [-0.2, 0) is 13.4 Å². The van der Waals surface area contributed by atoms with Gasteiger partial charge in [0.15, 0.2) is 0 Å². The predicted octanol–water partition coefficient (Wildman–Crippen LogP) is -2.91. The van der Waals surface area contributed by atoms with Crippen LogP contribution in [0.4, 0.5) is 0 Å². The van der Waals surface area contributed by atoms with Gasteiger partial charge in [0.05, 0.1) is 0 Å². The van der Waals surface area contributed by atoms with Crippen LogP contribution in [0.2, 0.25) is 0 Å². The Morgan fingerprint density at radius 1 is 0.909 bits per heavy atom. The quantitative estimate of drug-likeness (QED) is 0.281. The van der Waals surface area contributed by atoms with Gasteiger partial charge in [-0.3, -0.25) is 0 Å². The first-order valence-electron chi connectivity index (χ1n) is 1.53. The summed E-state index contributed by atoms with van der Waals surface area (Å²) in [6.07, 6.45) is 0. The minimum absolute atomic E-state index is 0. The van der Waals surface area contributed by atoms with Crippen molar-refractivity contribution in [1.82, 2.24) is 0 Å². The first kappa shape index (κ1) is 18.7. The molecule has 0 rings (SSSR count). The first-order chi connectivity index (χ1) is 3.71. The molecule has 68 valence electrons. The molecule has 0 heterocycles. The minimum atomic E-state index is -5.05. The third-order valence-electron chi connectivity index (χ3n) is 0.213. The molecule has 0 bridgehead atoms. The van der Waals surface area contributed by atoms with Crippen molar-refractivity contribution >= 4 is 65.4 Å². The van der Waals surface area contributed by atoms with E-state index in [1.165, 1.54) is 0 Å². The third kappa shape index (κ3) is 18.7. The fourth-order valence-electron chi connectivity index (χ4n) is 0.139. The molecule has 0 amide bonds. The van der Waals surface area contributed by atoms with E-state index in [9.17, 15) is 9.13 Å². The van der Waals surface area contributed by atoms with Crippen molar-refractivity contribution < 1.29 is 33.0 Å². The van der Waals surface area contributed by atoms with E-state index in [0.717, 1.165) is 0 Å². The zero-order valence-electron chi connectivity index (χ0n) is 4.62. The van der Waals surface area contributed by atoms with E-state index in [0.29, 0.717) is 0 Å². The molecule has 0 saturated carbocycles. The summed E-state index contributed by atoms with van der Waals surface area (Å²) in [5.41, 5.74) is 0. The van der Waals surface area contributed by atoms with Crippen molar-refractivity contribution in [2.45, 2.75) is 0 Å². The number of hydrogen-bond acceptors (Lipinski definition) is 3. The van der Waals surface area contributed by atoms with E-state index in [4.69, 9.17) is 19.6 Å². The third-order valence-corrected chi connectivity index (χ3v) is 1.91. The van der Waals surface area contributed by atoms with E-state index >= 15 is 0 Å². The van der Waals surface area contributed by atoms with Gasteiger partial charge >= 0.3 is 65.4 Å². The molecule has 0 saturated heterocycles. The Labute approximate surface area is 97.8 Å². The molecule has 2 radical (unpaired) electrons. The van der Waals surface area contributed by atoms with Gasteiger partial charge in [-0.2, -0.15) is 4.31 Å². The van der Waals surface area contributed by atoms with E-state index in [1.54, 1.807) is 0 Å². The molecule has 11 heavy (non-hydrogen) atoms. The van der Waals surface area contributed by atoms with Crippen molar-refractivity contribution in [3.05, 3.63) is 0 Å². The normalized spacial score (nSPS) is 11.3. The average Bonchev–Trinajstić information content (AvgIpc) is 1.14. The van der Waals surface area contributed by atoms with Gasteiger partial charge in [0.1, 0.15) is 0 Å². The molecule has 7 nitrogen and oxygen atoms in total. The van der Waals surface area contributed by atoms with Crippen LogP contribution in [0.5, 0.6) is 0 Å². The van der Waals surface area contributed by atoms with Gasteiger partial charge in [-0.05, 0) is 0 Å². The molecule has 0 aromatic heterocycles. The Morgan fingerprint density at radius 2 is 1.09 bits per heavy atom. The molecular weight excluding hydrogens is 407 g/mol. The van der Waals surface area contributed by atoms with Crippen LogP contribution in [0.15, 0.2) is 0 Å². The Bertz CT molecular complexity index is 157. The van der Waals surface area contributed by atoms with Crippen molar-refractivity contribution in [3.63, 3.8) is 0 Å². The van der Waals surface area contributed by atoms with Gasteiger partial charge < -0.3 is 19.6 Å². The van der Waals surface area contributed by atoms with Crippen molar-refractivity contribution in [1.29, 1.82) is 0 Å². The zero-order chi connectivity index (χ0) is 7.71. The number of phosphoric acid groups is 2. The van der Waals surface area contributed by atoms with E-state index in [-0.39, 0.29) is 49.8 Å². The van der Waals surface area contributed by atoms with Gasteiger partial charge in [-0.1, -0.05) is 0 Å². The van der Waals surface area contributed by atoms with Gasteiger partial charge in [0, 0.05) is 0 Å². The number of hydrogen-bond donors (Lipinski definition) is 4. The average molecular weight is 417 g/mol. The zero-order valence-corrected chi connectivity index (χ0v) is 10.4. The summed E-state index contributed by atoms with van der Waals surface area (Å²) in [4.78, 5) is 31.0. The first-order valence-corrected chi connectivity index (χ1v) is 4.59. The van der Waals surface area contributed by atoms with Crippen LogP contribution in [-0.4, -0.2) is 69.3 Å². The van der Waals surface area contributed by atoms with Crippen molar-refractivity contribution in [2.75, 3.05) is 0 Å². The van der Waals surface area contributed by atoms with Crippen LogP contribution in [0, 0.1) is 0 Å². The maximum atomic E-state index is 9.63. The molecule has 4 N–H and O–H groups in total. The maximum absolute atomic E-state index is 9.63. The molecule has 0 unspecified atom stereocenters. The SMILES string of the molecule is O=P(O)(O)OP(=O)(O)O.[InH3].[SnH2]. The number of rotatable bonds is 2. The van der Waals surface area contributed by atoms with E-state index in [2.05, 4.69) is 4.31 Å². The Kier molecular flexibility index (Phi) is 10.8. The van der Waals surface area contributed by atoms with Crippen LogP contribution >= 0.6 is 15.6 Å². The van der Waals surface area contributed by atoms with Crippen molar-refractivity contribution in [3.8, 4) is 0 Å². The monoisotopic (exact) mass is 418 g/mol. The molecular formula is H9InO7P2Sn. The Balaban J connectivity index is -0.000000320. The fourth-order valence-corrected chi connectivity index (χ4v) is 1.25. The fraction of sp³-hybridized carbons (Fsp3) is 0. The Morgan fingerprint density at radius 3 is 1.09 bits per heavy atom. The standard InChI is InChI=1S/In.H4O7P2.Sn.5H/c;1-8(2,3)7-9(4,5)6;;;;;;/h;(H2,1,2,3)(H2,4,5,6);;;;;;. The van der Waals surface area contributed by atoms with E-state index < -0.39 is 15.6 Å². The molecule has 11 heteroatoms. The molecule has 0 spiro atoms. The van der Waals surface area contributed by atoms with Gasteiger partial charge in [0.2, 0.25) is 0 Å². The second-order valence-corrected chi connectivity index (χ2v) is 3.68. The molecule has 0 aliphatic rings. The molecule has 0 atom stereocenters. The topological polar surface area (TPSA) is 124 Å². The molecule has 0 aromatic rings. The second-order valence-electron chi connectivity index (χ2n) is 1.06. The van der Waals surface area contributed by atoms with Crippen molar-refractivity contribution in [2.24, 2.45) is 0 Å². The summed E-state index contributed by atoms with van der Waals surface area (Å²) < 4.78 is 22.2. The van der Waals surface area contributed by atoms with Crippen LogP contribution in [0.25, 0.3) is 0 Å². The van der Waals surface area contributed by atoms with E-state index in [1.807, 2.05) is 0 Å². The summed E-state index contributed by atoms with van der Waals surface area (Å²) >= 11 is 0. The van der Waals surface area contributed by atoms with Gasteiger partial charge in [-0.25, -0.2) is 9.13 Å². The summed E-state index contributed by atoms with van der Waals surface area (Å²) in [5.74, 6) is 0. The molecule has 0 fully saturated rings. The van der Waals surface area contributed by atoms with Gasteiger partial charge in [-0.15, -0.1) is 0 Å². The summed E-state index contributed by atoms with van der Waals surface area (Å²) in [7, 11) is -10.1. The Hall–Kier alpha value is 1.93. The molecule has 0 aromatic carbocycles.